The minimum Gasteiger partial charge on any atom is -0.480 e. The molecule has 0 saturated carbocycles. The molecule has 0 saturated heterocycles. The first-order valence-electron chi connectivity index (χ1n) is 12.0. The maximum atomic E-state index is 13.3. The number of fused-ring (bicyclic) bond motifs is 1. The summed E-state index contributed by atoms with van der Waals surface area (Å²) in [5, 5.41) is 25.7. The summed E-state index contributed by atoms with van der Waals surface area (Å²) in [6.45, 7) is 0.384. The van der Waals surface area contributed by atoms with Crippen LogP contribution in [0.3, 0.4) is 0 Å². The molecule has 196 valence electrons. The molecule has 2 aromatic carbocycles. The molecule has 0 bridgehead atoms. The third kappa shape index (κ3) is 8.07. The zero-order valence-corrected chi connectivity index (χ0v) is 20.4. The number of aromatic nitrogens is 1. The van der Waals surface area contributed by atoms with Gasteiger partial charge in [-0.2, -0.15) is 0 Å². The predicted octanol–water partition coefficient (Wildman–Crippen LogP) is 0.598. The van der Waals surface area contributed by atoms with Gasteiger partial charge >= 0.3 is 5.97 Å². The second-order valence-electron chi connectivity index (χ2n) is 8.80. The molecule has 0 unspecified atom stereocenters. The number of aliphatic carboxylic acids is 1. The summed E-state index contributed by atoms with van der Waals surface area (Å²) >= 11 is 0. The van der Waals surface area contributed by atoms with Crippen LogP contribution in [0.5, 0.6) is 0 Å². The summed E-state index contributed by atoms with van der Waals surface area (Å²) in [6.07, 6.45) is 2.80. The molecule has 10 N–H and O–H groups in total. The maximum Gasteiger partial charge on any atom is 0.326 e. The Labute approximate surface area is 214 Å². The number of hydrogen-bond acceptors (Lipinski definition) is 5. The number of carbonyl (C=O) groups excluding carboxylic acids is 2. The number of guanidine groups is 1. The number of amides is 2. The first-order valence-corrected chi connectivity index (χ1v) is 12.0. The van der Waals surface area contributed by atoms with Crippen molar-refractivity contribution in [1.82, 2.24) is 20.9 Å². The van der Waals surface area contributed by atoms with Crippen molar-refractivity contribution in [2.45, 2.75) is 43.8 Å². The SMILES string of the molecule is N=C(N)NCCC[C@H](N)C(=O)N[C@H](Cc1c[nH]c2ccccc12)C(=O)N[C@H](Cc1ccccc1)C(=O)O. The first kappa shape index (κ1) is 27.2. The molecule has 0 aliphatic heterocycles. The van der Waals surface area contributed by atoms with Crippen LogP contribution in [0.4, 0.5) is 0 Å². The number of para-hydroxylation sites is 1. The quantitative estimate of drug-likeness (QED) is 0.0940. The molecular weight excluding hydrogens is 474 g/mol. The van der Waals surface area contributed by atoms with E-state index in [0.717, 1.165) is 22.0 Å². The molecule has 0 fully saturated rings. The minimum absolute atomic E-state index is 0.0956. The van der Waals surface area contributed by atoms with E-state index in [1.807, 2.05) is 30.3 Å². The molecule has 0 spiro atoms. The maximum absolute atomic E-state index is 13.3. The lowest BCUT2D eigenvalue weighted by molar-refractivity contribution is -0.142. The van der Waals surface area contributed by atoms with E-state index in [9.17, 15) is 19.5 Å². The summed E-state index contributed by atoms with van der Waals surface area (Å²) in [5.41, 5.74) is 13.7. The van der Waals surface area contributed by atoms with Gasteiger partial charge in [-0.05, 0) is 30.0 Å². The summed E-state index contributed by atoms with van der Waals surface area (Å²) in [5.74, 6) is -2.49. The second kappa shape index (κ2) is 13.1. The largest absolute Gasteiger partial charge is 0.480 e. The first-order chi connectivity index (χ1) is 17.7. The highest BCUT2D eigenvalue weighted by atomic mass is 16.4. The smallest absolute Gasteiger partial charge is 0.326 e. The molecule has 3 aromatic rings. The molecule has 2 amide bonds. The predicted molar refractivity (Wildman–Crippen MR) is 141 cm³/mol. The molecule has 3 rings (SSSR count). The topological polar surface area (TPSA) is 199 Å². The van der Waals surface area contributed by atoms with E-state index in [0.29, 0.717) is 19.4 Å². The summed E-state index contributed by atoms with van der Waals surface area (Å²) in [6, 6.07) is 13.4. The van der Waals surface area contributed by atoms with Crippen LogP contribution >= 0.6 is 0 Å². The Hall–Kier alpha value is -4.38. The number of rotatable bonds is 13. The molecule has 11 nitrogen and oxygen atoms in total. The van der Waals surface area contributed by atoms with E-state index in [2.05, 4.69) is 20.9 Å². The van der Waals surface area contributed by atoms with Gasteiger partial charge in [0, 0.05) is 36.5 Å². The van der Waals surface area contributed by atoms with Crippen molar-refractivity contribution in [3.8, 4) is 0 Å². The molecule has 0 aliphatic carbocycles. The lowest BCUT2D eigenvalue weighted by Crippen LogP contribution is -2.55. The normalized spacial score (nSPS) is 13.3. The molecule has 1 heterocycles. The summed E-state index contributed by atoms with van der Waals surface area (Å²) < 4.78 is 0. The van der Waals surface area contributed by atoms with E-state index >= 15 is 0 Å². The molecule has 0 radical (unpaired) electrons. The van der Waals surface area contributed by atoms with Gasteiger partial charge in [-0.25, -0.2) is 4.79 Å². The zero-order valence-electron chi connectivity index (χ0n) is 20.4. The fourth-order valence-electron chi connectivity index (χ4n) is 4.01. The van der Waals surface area contributed by atoms with Gasteiger partial charge in [-0.3, -0.25) is 15.0 Å². The highest BCUT2D eigenvalue weighted by Crippen LogP contribution is 2.19. The van der Waals surface area contributed by atoms with Crippen molar-refractivity contribution < 1.29 is 19.5 Å². The van der Waals surface area contributed by atoms with E-state index in [-0.39, 0.29) is 18.8 Å². The number of hydrogen-bond donors (Lipinski definition) is 8. The fourth-order valence-corrected chi connectivity index (χ4v) is 4.01. The Morgan fingerprint density at radius 3 is 2.32 bits per heavy atom. The summed E-state index contributed by atoms with van der Waals surface area (Å²) in [4.78, 5) is 41.2. The van der Waals surface area contributed by atoms with Gasteiger partial charge in [-0.1, -0.05) is 48.5 Å². The van der Waals surface area contributed by atoms with Crippen LogP contribution in [-0.2, 0) is 27.2 Å². The molecule has 3 atom stereocenters. The Balaban J connectivity index is 1.74. The van der Waals surface area contributed by atoms with Crippen molar-refractivity contribution in [1.29, 1.82) is 5.41 Å². The molecule has 11 heteroatoms. The number of carbonyl (C=O) groups is 3. The number of carboxylic acid groups (broad SMARTS) is 1. The average Bonchev–Trinajstić information content (AvgIpc) is 3.28. The zero-order chi connectivity index (χ0) is 26.8. The monoisotopic (exact) mass is 507 g/mol. The summed E-state index contributed by atoms with van der Waals surface area (Å²) in [7, 11) is 0. The molecule has 1 aromatic heterocycles. The van der Waals surface area contributed by atoms with E-state index < -0.39 is 35.9 Å². The number of H-pyrrole nitrogens is 1. The van der Waals surface area contributed by atoms with Crippen LogP contribution in [0.15, 0.2) is 60.8 Å². The van der Waals surface area contributed by atoms with Crippen LogP contribution < -0.4 is 27.4 Å². The van der Waals surface area contributed by atoms with Crippen LogP contribution in [-0.4, -0.2) is 58.5 Å². The van der Waals surface area contributed by atoms with E-state index in [1.54, 1.807) is 30.5 Å². The van der Waals surface area contributed by atoms with Gasteiger partial charge in [0.05, 0.1) is 6.04 Å². The Morgan fingerprint density at radius 1 is 0.946 bits per heavy atom. The Bertz CT molecular complexity index is 1230. The van der Waals surface area contributed by atoms with Gasteiger partial charge in [0.25, 0.3) is 0 Å². The number of carboxylic acids is 1. The highest BCUT2D eigenvalue weighted by molar-refractivity contribution is 5.93. The molecule has 0 aliphatic rings. The van der Waals surface area contributed by atoms with Crippen LogP contribution in [0.25, 0.3) is 10.9 Å². The van der Waals surface area contributed by atoms with Crippen molar-refractivity contribution in [3.63, 3.8) is 0 Å². The van der Waals surface area contributed by atoms with Gasteiger partial charge in [0.15, 0.2) is 5.96 Å². The third-order valence-corrected chi connectivity index (χ3v) is 5.97. The Morgan fingerprint density at radius 2 is 1.62 bits per heavy atom. The van der Waals surface area contributed by atoms with Crippen molar-refractivity contribution in [3.05, 3.63) is 71.9 Å². The lowest BCUT2D eigenvalue weighted by Gasteiger charge is -2.23. The fraction of sp³-hybridized carbons (Fsp3) is 0.308. The minimum atomic E-state index is -1.18. The van der Waals surface area contributed by atoms with Crippen molar-refractivity contribution in [2.24, 2.45) is 11.5 Å². The van der Waals surface area contributed by atoms with Gasteiger partial charge in [0.1, 0.15) is 12.1 Å². The number of aromatic amines is 1. The molecule has 37 heavy (non-hydrogen) atoms. The average molecular weight is 508 g/mol. The second-order valence-corrected chi connectivity index (χ2v) is 8.80. The highest BCUT2D eigenvalue weighted by Gasteiger charge is 2.29. The number of nitrogens with two attached hydrogens (primary N) is 2. The van der Waals surface area contributed by atoms with Crippen molar-refractivity contribution in [2.75, 3.05) is 6.54 Å². The molecular formula is C26H33N7O4. The van der Waals surface area contributed by atoms with E-state index in [1.165, 1.54) is 0 Å². The van der Waals surface area contributed by atoms with Gasteiger partial charge < -0.3 is 37.5 Å². The standard InChI is InChI=1S/C26H33N7O4/c27-19(10-6-12-30-26(28)29)23(34)32-21(14-17-15-31-20-11-5-4-9-18(17)20)24(35)33-22(25(36)37)13-16-7-2-1-3-8-16/h1-5,7-9,11,15,19,21-22,31H,6,10,12-14,27H2,(H,32,34)(H,33,35)(H,36,37)(H4,28,29,30)/t19-,21+,22+/m0/s1. The van der Waals surface area contributed by atoms with Gasteiger partial charge in [0.2, 0.25) is 11.8 Å². The van der Waals surface area contributed by atoms with Crippen LogP contribution in [0.2, 0.25) is 0 Å². The Kier molecular flexibility index (Phi) is 9.61. The van der Waals surface area contributed by atoms with E-state index in [4.69, 9.17) is 16.9 Å². The van der Waals surface area contributed by atoms with Gasteiger partial charge in [-0.15, -0.1) is 0 Å². The van der Waals surface area contributed by atoms with Crippen LogP contribution in [0.1, 0.15) is 24.0 Å². The number of benzene rings is 2. The van der Waals surface area contributed by atoms with Crippen molar-refractivity contribution >= 4 is 34.6 Å². The third-order valence-electron chi connectivity index (χ3n) is 5.97. The lowest BCUT2D eigenvalue weighted by atomic mass is 10.0. The number of nitrogens with one attached hydrogen (secondary N) is 5. The van der Waals surface area contributed by atoms with Crippen LogP contribution in [0, 0.1) is 5.41 Å².